The van der Waals surface area contributed by atoms with Crippen molar-refractivity contribution in [2.24, 2.45) is 4.40 Å². The van der Waals surface area contributed by atoms with Crippen LogP contribution in [0.1, 0.15) is 5.56 Å². The Hall–Kier alpha value is -1.90. The number of hydrogen-bond donors (Lipinski definition) is 1. The SMILES string of the molecule is CN(C)S(=O)(=O)N=C([O-])C[NH+]1C=Cc2ccccc2[N-]1. The number of fused-ring (bicyclic) bond motifs is 1. The molecule has 1 aromatic carbocycles. The third kappa shape index (κ3) is 3.35. The van der Waals surface area contributed by atoms with Crippen LogP contribution in [0.15, 0.2) is 34.9 Å². The van der Waals surface area contributed by atoms with Crippen molar-refractivity contribution in [3.05, 3.63) is 41.5 Å². The Morgan fingerprint density at radius 1 is 1.40 bits per heavy atom. The fourth-order valence-electron chi connectivity index (χ4n) is 1.60. The van der Waals surface area contributed by atoms with E-state index in [4.69, 9.17) is 0 Å². The Labute approximate surface area is 118 Å². The minimum Gasteiger partial charge on any atom is -0.857 e. The first-order chi connectivity index (χ1) is 9.38. The Balaban J connectivity index is 2.08. The first-order valence-electron chi connectivity index (χ1n) is 5.91. The van der Waals surface area contributed by atoms with Crippen LogP contribution in [-0.4, -0.2) is 39.3 Å². The van der Waals surface area contributed by atoms with Crippen molar-refractivity contribution in [3.8, 4) is 0 Å². The molecule has 7 nitrogen and oxygen atoms in total. The van der Waals surface area contributed by atoms with Gasteiger partial charge in [-0.15, -0.1) is 0 Å². The van der Waals surface area contributed by atoms with E-state index in [9.17, 15) is 13.5 Å². The summed E-state index contributed by atoms with van der Waals surface area (Å²) in [6, 6.07) is 7.49. The van der Waals surface area contributed by atoms with E-state index in [1.807, 2.05) is 30.3 Å². The van der Waals surface area contributed by atoms with Crippen molar-refractivity contribution in [2.75, 3.05) is 20.6 Å². The highest BCUT2D eigenvalue weighted by Crippen LogP contribution is 2.23. The Morgan fingerprint density at radius 2 is 2.10 bits per heavy atom. The molecule has 0 saturated carbocycles. The van der Waals surface area contributed by atoms with Crippen LogP contribution in [0.3, 0.4) is 0 Å². The molecule has 8 heteroatoms. The molecule has 2 rings (SSSR count). The van der Waals surface area contributed by atoms with Gasteiger partial charge in [-0.1, -0.05) is 30.0 Å². The number of quaternary nitrogens is 1. The molecule has 0 fully saturated rings. The van der Waals surface area contributed by atoms with Crippen molar-refractivity contribution >= 4 is 27.9 Å². The Kier molecular flexibility index (Phi) is 4.07. The summed E-state index contributed by atoms with van der Waals surface area (Å²) in [5, 5.41) is 12.1. The van der Waals surface area contributed by atoms with Crippen molar-refractivity contribution in [1.29, 1.82) is 0 Å². The molecule has 1 unspecified atom stereocenters. The zero-order valence-electron chi connectivity index (χ0n) is 11.1. The van der Waals surface area contributed by atoms with E-state index >= 15 is 0 Å². The molecule has 0 amide bonds. The van der Waals surface area contributed by atoms with E-state index in [1.165, 1.54) is 14.1 Å². The van der Waals surface area contributed by atoms with Crippen LogP contribution < -0.4 is 10.1 Å². The van der Waals surface area contributed by atoms with Gasteiger partial charge in [-0.2, -0.15) is 17.1 Å². The minimum absolute atomic E-state index is 0.141. The maximum absolute atomic E-state index is 11.7. The monoisotopic (exact) mass is 295 g/mol. The summed E-state index contributed by atoms with van der Waals surface area (Å²) in [5.41, 5.74) is 6.02. The molecular formula is C12H15N4O3S-. The molecule has 1 atom stereocenters. The fraction of sp³-hybridized carbons (Fsp3) is 0.250. The second kappa shape index (κ2) is 5.61. The predicted molar refractivity (Wildman–Crippen MR) is 74.4 cm³/mol. The van der Waals surface area contributed by atoms with Crippen LogP contribution in [-0.2, 0) is 10.2 Å². The Morgan fingerprint density at radius 3 is 2.80 bits per heavy atom. The summed E-state index contributed by atoms with van der Waals surface area (Å²) in [4.78, 5) is 0. The van der Waals surface area contributed by atoms with Crippen molar-refractivity contribution in [3.63, 3.8) is 0 Å². The van der Waals surface area contributed by atoms with Crippen LogP contribution in [0.5, 0.6) is 0 Å². The van der Waals surface area contributed by atoms with Crippen molar-refractivity contribution in [2.45, 2.75) is 0 Å². The van der Waals surface area contributed by atoms with E-state index in [1.54, 1.807) is 6.20 Å². The van der Waals surface area contributed by atoms with Gasteiger partial charge in [0, 0.05) is 20.0 Å². The first-order valence-corrected chi connectivity index (χ1v) is 7.31. The average molecular weight is 295 g/mol. The van der Waals surface area contributed by atoms with Crippen molar-refractivity contribution in [1.82, 2.24) is 4.31 Å². The standard InChI is InChI=1S/C12H16N4O3S/c1-15(2)20(18,19)14-12(17)9-16-8-7-10-5-3-4-6-11(10)13-16/h3-8,16H,9H2,1-2H3,(H,14,17)/p-1. The lowest BCUT2D eigenvalue weighted by molar-refractivity contribution is -0.794. The van der Waals surface area contributed by atoms with Gasteiger partial charge in [0.25, 0.3) is 0 Å². The molecule has 0 radical (unpaired) electrons. The molecule has 1 aliphatic rings. The van der Waals surface area contributed by atoms with Crippen LogP contribution >= 0.6 is 0 Å². The minimum atomic E-state index is -3.88. The molecule has 1 N–H and O–H groups in total. The molecule has 20 heavy (non-hydrogen) atoms. The maximum Gasteiger partial charge on any atom is 0.321 e. The van der Waals surface area contributed by atoms with E-state index in [0.29, 0.717) is 5.01 Å². The lowest BCUT2D eigenvalue weighted by atomic mass is 10.1. The first kappa shape index (κ1) is 14.5. The predicted octanol–water partition coefficient (Wildman–Crippen LogP) is -0.959. The second-order valence-corrected chi connectivity index (χ2v) is 6.23. The summed E-state index contributed by atoms with van der Waals surface area (Å²) >= 11 is 0. The molecule has 108 valence electrons. The van der Waals surface area contributed by atoms with E-state index in [0.717, 1.165) is 15.6 Å². The largest absolute Gasteiger partial charge is 0.857 e. The summed E-state index contributed by atoms with van der Waals surface area (Å²) in [6.45, 7) is -0.141. The third-order valence-corrected chi connectivity index (χ3v) is 4.02. The summed E-state index contributed by atoms with van der Waals surface area (Å²) < 4.78 is 27.0. The lowest BCUT2D eigenvalue weighted by Gasteiger charge is -2.34. The van der Waals surface area contributed by atoms with Gasteiger partial charge >= 0.3 is 10.2 Å². The zero-order chi connectivity index (χ0) is 14.8. The van der Waals surface area contributed by atoms with Gasteiger partial charge in [0.05, 0.1) is 6.20 Å². The van der Waals surface area contributed by atoms with Crippen LogP contribution in [0.25, 0.3) is 11.5 Å². The van der Waals surface area contributed by atoms with Crippen LogP contribution in [0.2, 0.25) is 0 Å². The molecule has 1 heterocycles. The number of benzene rings is 1. The van der Waals surface area contributed by atoms with Crippen LogP contribution in [0, 0.1) is 0 Å². The quantitative estimate of drug-likeness (QED) is 0.573. The van der Waals surface area contributed by atoms with Gasteiger partial charge in [-0.05, 0) is 11.6 Å². The molecule has 1 aromatic rings. The molecule has 0 aliphatic carbocycles. The lowest BCUT2D eigenvalue weighted by Crippen LogP contribution is -3.04. The highest BCUT2D eigenvalue weighted by atomic mass is 32.2. The molecule has 0 aromatic heterocycles. The van der Waals surface area contributed by atoms with Gasteiger partial charge in [-0.25, -0.2) is 0 Å². The highest BCUT2D eigenvalue weighted by molar-refractivity contribution is 7.87. The number of nitrogens with zero attached hydrogens (tertiary/aromatic N) is 3. The average Bonchev–Trinajstić information content (AvgIpc) is 2.37. The Bertz CT molecular complexity index is 652. The number of nitrogens with one attached hydrogen (secondary N) is 1. The van der Waals surface area contributed by atoms with E-state index in [-0.39, 0.29) is 6.54 Å². The maximum atomic E-state index is 11.7. The summed E-state index contributed by atoms with van der Waals surface area (Å²) in [7, 11) is -1.24. The van der Waals surface area contributed by atoms with Gasteiger partial charge in [0.2, 0.25) is 0 Å². The van der Waals surface area contributed by atoms with E-state index < -0.39 is 16.1 Å². The molecule has 0 saturated heterocycles. The topological polar surface area (TPSA) is 91.3 Å². The molecule has 1 aliphatic heterocycles. The zero-order valence-corrected chi connectivity index (χ0v) is 12.0. The molecule has 0 bridgehead atoms. The van der Waals surface area contributed by atoms with Gasteiger partial charge in [0.15, 0.2) is 0 Å². The third-order valence-electron chi connectivity index (χ3n) is 2.67. The number of hydrogen-bond acceptors (Lipinski definition) is 3. The number of rotatable bonds is 4. The molecule has 0 spiro atoms. The number of para-hydroxylation sites is 1. The normalized spacial score (nSPS) is 18.8. The van der Waals surface area contributed by atoms with Gasteiger partial charge in [0.1, 0.15) is 6.54 Å². The molecular weight excluding hydrogens is 280 g/mol. The van der Waals surface area contributed by atoms with E-state index in [2.05, 4.69) is 9.82 Å². The summed E-state index contributed by atoms with van der Waals surface area (Å²) in [5.74, 6) is -0.735. The van der Waals surface area contributed by atoms with Gasteiger partial charge in [-0.3, -0.25) is 0 Å². The summed E-state index contributed by atoms with van der Waals surface area (Å²) in [6.07, 6.45) is 3.53. The fourth-order valence-corrected chi connectivity index (χ4v) is 2.09. The van der Waals surface area contributed by atoms with Crippen LogP contribution in [0.4, 0.5) is 5.69 Å². The smallest absolute Gasteiger partial charge is 0.321 e. The second-order valence-electron chi connectivity index (χ2n) is 4.42. The van der Waals surface area contributed by atoms with Gasteiger partial charge < -0.3 is 15.5 Å². The highest BCUT2D eigenvalue weighted by Gasteiger charge is 2.11. The van der Waals surface area contributed by atoms with Crippen molar-refractivity contribution < 1.29 is 18.5 Å².